The number of ether oxygens (including phenoxy) is 2. The Labute approximate surface area is 312 Å². The third-order valence-electron chi connectivity index (χ3n) is 12.0. The number of sulfonamides is 1. The number of carboxylic acids is 1. The maximum Gasteiger partial charge on any atom is 0.330 e. The average molecular weight is 756 g/mol. The number of benzene rings is 2. The fourth-order valence-corrected chi connectivity index (χ4v) is 11.1. The zero-order valence-electron chi connectivity index (χ0n) is 30.6. The zero-order valence-corrected chi connectivity index (χ0v) is 32.2. The highest BCUT2D eigenvalue weighted by atomic mass is 35.5. The van der Waals surface area contributed by atoms with Crippen LogP contribution in [-0.4, -0.2) is 98.4 Å². The largest absolute Gasteiger partial charge is 0.496 e. The molecule has 2 N–H and O–H groups in total. The SMILES string of the molecule is COc1cccc(OC)c1-c1cc(C(=O)NC2(C(=O)O)C3CC4CC(C3)CC2C4)nn1-c1ccc(S(=O)(=O)N(C)CCN(C)C)c2c1CCCC2.Cl. The summed E-state index contributed by atoms with van der Waals surface area (Å²) >= 11 is 0. The lowest BCUT2D eigenvalue weighted by molar-refractivity contribution is -0.163. The van der Waals surface area contributed by atoms with Crippen molar-refractivity contribution in [1.82, 2.24) is 24.3 Å². The number of rotatable bonds is 12. The lowest BCUT2D eigenvalue weighted by Gasteiger charge is -2.59. The summed E-state index contributed by atoms with van der Waals surface area (Å²) in [6, 6.07) is 10.5. The van der Waals surface area contributed by atoms with Crippen molar-refractivity contribution in [1.29, 1.82) is 0 Å². The Balaban J connectivity index is 0.00000464. The van der Waals surface area contributed by atoms with Crippen LogP contribution in [0.1, 0.15) is 66.6 Å². The fraction of sp³-hybridized carbons (Fsp3) is 0.553. The summed E-state index contributed by atoms with van der Waals surface area (Å²) in [4.78, 5) is 29.7. The molecule has 52 heavy (non-hydrogen) atoms. The van der Waals surface area contributed by atoms with Gasteiger partial charge in [-0.25, -0.2) is 17.9 Å². The van der Waals surface area contributed by atoms with Crippen molar-refractivity contribution < 1.29 is 32.6 Å². The van der Waals surface area contributed by atoms with E-state index in [2.05, 4.69) is 5.32 Å². The molecule has 14 heteroatoms. The molecule has 1 heterocycles. The van der Waals surface area contributed by atoms with Crippen molar-refractivity contribution >= 4 is 34.3 Å². The average Bonchev–Trinajstić information content (AvgIpc) is 3.55. The number of nitrogens with one attached hydrogen (secondary N) is 1. The molecule has 0 unspecified atom stereocenters. The van der Waals surface area contributed by atoms with E-state index < -0.39 is 27.4 Å². The molecule has 5 aliphatic rings. The molecule has 0 aliphatic heterocycles. The maximum atomic E-state index is 14.3. The first kappa shape index (κ1) is 38.1. The minimum absolute atomic E-state index is 0. The van der Waals surface area contributed by atoms with Crippen molar-refractivity contribution in [3.63, 3.8) is 0 Å². The summed E-state index contributed by atoms with van der Waals surface area (Å²) in [5, 5.41) is 18.7. The Morgan fingerprint density at radius 3 is 2.08 bits per heavy atom. The number of carbonyl (C=O) groups excluding carboxylic acids is 1. The van der Waals surface area contributed by atoms with Crippen LogP contribution in [0.4, 0.5) is 0 Å². The van der Waals surface area contributed by atoms with E-state index in [1.54, 1.807) is 56.3 Å². The molecule has 0 atom stereocenters. The minimum atomic E-state index is -3.79. The topological polar surface area (TPSA) is 143 Å². The number of nitrogens with zero attached hydrogens (tertiary/aromatic N) is 4. The normalized spacial score (nSPS) is 24.8. The molecule has 5 aliphatic carbocycles. The molecule has 12 nitrogen and oxygen atoms in total. The van der Waals surface area contributed by atoms with Crippen molar-refractivity contribution in [2.45, 2.75) is 68.2 Å². The Hall–Kier alpha value is -3.65. The number of likely N-dealkylation sites (N-methyl/N-ethyl adjacent to an activating group) is 2. The van der Waals surface area contributed by atoms with E-state index in [1.165, 1.54) is 4.31 Å². The number of halogens is 1. The Morgan fingerprint density at radius 2 is 1.52 bits per heavy atom. The highest BCUT2D eigenvalue weighted by Gasteiger charge is 2.62. The van der Waals surface area contributed by atoms with Gasteiger partial charge in [-0.2, -0.15) is 9.40 Å². The van der Waals surface area contributed by atoms with Crippen LogP contribution in [0.25, 0.3) is 16.9 Å². The van der Waals surface area contributed by atoms with E-state index in [0.29, 0.717) is 66.2 Å². The molecule has 1 amide bonds. The smallest absolute Gasteiger partial charge is 0.330 e. The molecule has 2 aromatic carbocycles. The first-order valence-corrected chi connectivity index (χ1v) is 19.5. The van der Waals surface area contributed by atoms with Crippen molar-refractivity contribution in [2.24, 2.45) is 23.7 Å². The number of aromatic nitrogens is 2. The van der Waals surface area contributed by atoms with Gasteiger partial charge in [0.25, 0.3) is 5.91 Å². The Bertz CT molecular complexity index is 1910. The molecule has 3 aromatic rings. The summed E-state index contributed by atoms with van der Waals surface area (Å²) in [6.45, 7) is 0.937. The van der Waals surface area contributed by atoms with Gasteiger partial charge >= 0.3 is 5.97 Å². The number of amides is 1. The highest BCUT2D eigenvalue weighted by Crippen LogP contribution is 2.58. The molecule has 4 saturated carbocycles. The molecular weight excluding hydrogens is 706 g/mol. The van der Waals surface area contributed by atoms with Crippen molar-refractivity contribution in [2.75, 3.05) is 48.5 Å². The first-order valence-electron chi connectivity index (χ1n) is 18.0. The van der Waals surface area contributed by atoms with Crippen LogP contribution in [0.3, 0.4) is 0 Å². The van der Waals surface area contributed by atoms with Gasteiger partial charge in [0.2, 0.25) is 10.0 Å². The third-order valence-corrected chi connectivity index (χ3v) is 13.9. The number of methoxy groups -OCH3 is 2. The monoisotopic (exact) mass is 755 g/mol. The molecule has 282 valence electrons. The van der Waals surface area contributed by atoms with E-state index >= 15 is 0 Å². The van der Waals surface area contributed by atoms with E-state index in [4.69, 9.17) is 14.6 Å². The first-order chi connectivity index (χ1) is 24.4. The number of hydrogen-bond acceptors (Lipinski definition) is 8. The van der Waals surface area contributed by atoms with E-state index in [9.17, 15) is 23.1 Å². The van der Waals surface area contributed by atoms with Crippen LogP contribution in [0.15, 0.2) is 41.3 Å². The van der Waals surface area contributed by atoms with Gasteiger partial charge in [0, 0.05) is 20.1 Å². The molecule has 4 fully saturated rings. The number of carboxylic acid groups (broad SMARTS) is 1. The quantitative estimate of drug-likeness (QED) is 0.260. The predicted molar refractivity (Wildman–Crippen MR) is 199 cm³/mol. The third kappa shape index (κ3) is 6.37. The zero-order chi connectivity index (χ0) is 36.2. The Morgan fingerprint density at radius 1 is 0.923 bits per heavy atom. The van der Waals surface area contributed by atoms with Crippen molar-refractivity contribution in [3.05, 3.63) is 53.2 Å². The molecule has 0 saturated heterocycles. The van der Waals surface area contributed by atoms with E-state index in [0.717, 1.165) is 56.1 Å². The number of carbonyl (C=O) groups is 2. The summed E-state index contributed by atoms with van der Waals surface area (Å²) in [5.41, 5.74) is 2.08. The number of fused-ring (bicyclic) bond motifs is 1. The standard InChI is InChI=1S/C38H49N5O7S.ClH/c1-41(2)15-16-42(3)51(47,48)34-14-13-30(27-9-6-7-10-28(27)34)43-31(35-32(49-4)11-8-12-33(35)50-5)22-29(40-43)36(44)39-38(37(45)46)25-18-23-17-24(20-25)21-26(38)19-23;/h8,11-14,22-26H,6-7,9-10,15-21H2,1-5H3,(H,39,44)(H,45,46);1H. The summed E-state index contributed by atoms with van der Waals surface area (Å²) in [5.74, 6) is 0.276. The molecule has 0 radical (unpaired) electrons. The summed E-state index contributed by atoms with van der Waals surface area (Å²) in [7, 11) is 4.76. The van der Waals surface area contributed by atoms with Gasteiger partial charge in [0.1, 0.15) is 17.0 Å². The van der Waals surface area contributed by atoms with Gasteiger partial charge in [-0.05, 0) is 137 Å². The van der Waals surface area contributed by atoms with Crippen molar-refractivity contribution in [3.8, 4) is 28.4 Å². The number of hydrogen-bond donors (Lipinski definition) is 2. The Kier molecular flexibility index (Phi) is 10.7. The van der Waals surface area contributed by atoms with Crippen LogP contribution < -0.4 is 14.8 Å². The van der Waals surface area contributed by atoms with Crippen LogP contribution in [0.2, 0.25) is 0 Å². The van der Waals surface area contributed by atoms with Gasteiger partial charge < -0.3 is 24.8 Å². The van der Waals surface area contributed by atoms with Crippen LogP contribution in [0, 0.1) is 23.7 Å². The van der Waals surface area contributed by atoms with Gasteiger partial charge in [0.15, 0.2) is 5.69 Å². The lowest BCUT2D eigenvalue weighted by atomic mass is 9.48. The van der Waals surface area contributed by atoms with Crippen LogP contribution >= 0.6 is 12.4 Å². The van der Waals surface area contributed by atoms with E-state index in [1.807, 2.05) is 25.1 Å². The fourth-order valence-electron chi connectivity index (χ4n) is 9.63. The lowest BCUT2D eigenvalue weighted by Crippen LogP contribution is -2.70. The molecular formula is C38H50ClN5O7S. The number of aliphatic carboxylic acids is 1. The van der Waals surface area contributed by atoms with E-state index in [-0.39, 0.29) is 34.8 Å². The summed E-state index contributed by atoms with van der Waals surface area (Å²) in [6.07, 6.45) is 7.33. The molecule has 0 spiro atoms. The minimum Gasteiger partial charge on any atom is -0.496 e. The van der Waals surface area contributed by atoms with Gasteiger partial charge in [-0.15, -0.1) is 12.4 Å². The van der Waals surface area contributed by atoms with Gasteiger partial charge in [-0.1, -0.05) is 6.07 Å². The van der Waals surface area contributed by atoms with Gasteiger partial charge in [0.05, 0.1) is 36.1 Å². The van der Waals surface area contributed by atoms with Crippen LogP contribution in [-0.2, 0) is 27.7 Å². The highest BCUT2D eigenvalue weighted by molar-refractivity contribution is 7.89. The molecule has 1 aromatic heterocycles. The predicted octanol–water partition coefficient (Wildman–Crippen LogP) is 5.05. The van der Waals surface area contributed by atoms with Gasteiger partial charge in [-0.3, -0.25) is 4.79 Å². The second-order valence-electron chi connectivity index (χ2n) is 15.2. The second-order valence-corrected chi connectivity index (χ2v) is 17.2. The van der Waals surface area contributed by atoms with Crippen LogP contribution in [0.5, 0.6) is 11.5 Å². The maximum absolute atomic E-state index is 14.3. The molecule has 4 bridgehead atoms. The second kappa shape index (κ2) is 14.6. The summed E-state index contributed by atoms with van der Waals surface area (Å²) < 4.78 is 42.6. The molecule has 8 rings (SSSR count).